The van der Waals surface area contributed by atoms with Crippen molar-refractivity contribution in [2.75, 3.05) is 9.80 Å². The van der Waals surface area contributed by atoms with Crippen LogP contribution in [0.15, 0.2) is 313 Å². The molecule has 0 spiro atoms. The van der Waals surface area contributed by atoms with Gasteiger partial charge in [-0.05, 0) is 126 Å². The third-order valence-electron chi connectivity index (χ3n) is 16.3. The van der Waals surface area contributed by atoms with Crippen LogP contribution >= 0.6 is 11.8 Å². The molecule has 0 saturated carbocycles. The average Bonchev–Trinajstić information content (AvgIpc) is 3.57. The Bertz CT molecular complexity index is 4060. The topological polar surface area (TPSA) is 15.7 Å². The van der Waals surface area contributed by atoms with Crippen LogP contribution in [0.1, 0.15) is 22.3 Å². The summed E-state index contributed by atoms with van der Waals surface area (Å²) >= 11 is 1.84. The summed E-state index contributed by atoms with van der Waals surface area (Å²) in [7, 11) is -3.24. The molecule has 0 N–H and O–H groups in total. The van der Waals surface area contributed by atoms with Crippen LogP contribution in [0.5, 0.6) is 11.5 Å². The van der Waals surface area contributed by atoms with Gasteiger partial charge in [-0.15, -0.1) is 0 Å². The van der Waals surface area contributed by atoms with Crippen LogP contribution < -0.4 is 35.3 Å². The van der Waals surface area contributed by atoms with Crippen molar-refractivity contribution in [3.63, 3.8) is 0 Å². The third-order valence-corrected chi connectivity index (χ3v) is 22.2. The van der Waals surface area contributed by atoms with Gasteiger partial charge in [0.05, 0.1) is 33.9 Å². The van der Waals surface area contributed by atoms with Gasteiger partial charge in [0.15, 0.2) is 19.6 Å². The zero-order valence-electron chi connectivity index (χ0n) is 42.6. The Hall–Kier alpha value is -9.39. The van der Waals surface area contributed by atoms with Gasteiger partial charge >= 0.3 is 0 Å². The Labute approximate surface area is 461 Å². The Balaban J connectivity index is 1.000. The zero-order chi connectivity index (χ0) is 51.6. The summed E-state index contributed by atoms with van der Waals surface area (Å²) in [5.41, 5.74) is 15.9. The summed E-state index contributed by atoms with van der Waals surface area (Å²) in [6.07, 6.45) is 0. The minimum Gasteiger partial charge on any atom is -0.453 e. The third kappa shape index (κ3) is 7.05. The van der Waals surface area contributed by atoms with E-state index in [4.69, 9.17) is 4.74 Å². The fourth-order valence-corrected chi connectivity index (χ4v) is 18.9. The number of para-hydroxylation sites is 6. The fourth-order valence-electron chi connectivity index (χ4n) is 13.0. The predicted octanol–water partition coefficient (Wildman–Crippen LogP) is 16.6. The molecule has 0 unspecified atom stereocenters. The van der Waals surface area contributed by atoms with E-state index in [0.717, 1.165) is 45.4 Å². The van der Waals surface area contributed by atoms with Gasteiger partial charge in [-0.2, -0.15) is 0 Å². The molecule has 2 aliphatic heterocycles. The number of benzene rings is 12. The van der Waals surface area contributed by atoms with Gasteiger partial charge in [-0.1, -0.05) is 248 Å². The van der Waals surface area contributed by atoms with Gasteiger partial charge in [0, 0.05) is 21.0 Å². The molecule has 0 bridgehead atoms. The second-order valence-corrected chi connectivity index (χ2v) is 25.2. The van der Waals surface area contributed by atoms with Crippen LogP contribution in [0.25, 0.3) is 22.3 Å². The molecule has 368 valence electrons. The van der Waals surface area contributed by atoms with E-state index in [1.807, 2.05) is 23.9 Å². The van der Waals surface area contributed by atoms with Crippen LogP contribution in [-0.2, 0) is 5.41 Å². The summed E-state index contributed by atoms with van der Waals surface area (Å²) in [6, 6.07) is 113. The van der Waals surface area contributed by atoms with Crippen molar-refractivity contribution in [2.45, 2.75) is 15.2 Å². The normalized spacial score (nSPS) is 13.5. The first-order valence-corrected chi connectivity index (χ1v) is 29.6. The molecule has 1 aliphatic carbocycles. The molecule has 0 amide bonds. The first-order valence-electron chi connectivity index (χ1n) is 26.7. The van der Waals surface area contributed by atoms with Crippen molar-refractivity contribution >= 4 is 74.7 Å². The van der Waals surface area contributed by atoms with E-state index >= 15 is 0 Å². The number of fused-ring (bicyclic) bond motifs is 7. The van der Waals surface area contributed by atoms with Crippen LogP contribution in [0, 0.1) is 0 Å². The summed E-state index contributed by atoms with van der Waals surface area (Å²) < 4.78 is 6.47. The van der Waals surface area contributed by atoms with E-state index in [0.29, 0.717) is 0 Å². The predicted molar refractivity (Wildman–Crippen MR) is 326 cm³/mol. The number of nitrogens with zero attached hydrogens (tertiary/aromatic N) is 2. The average molecular weight is 1030 g/mol. The van der Waals surface area contributed by atoms with Gasteiger partial charge in [0.2, 0.25) is 0 Å². The second-order valence-electron chi connectivity index (χ2n) is 20.3. The maximum Gasteiger partial charge on any atom is 0.179 e. The summed E-state index contributed by atoms with van der Waals surface area (Å²) in [5, 5.41) is 5.25. The molecule has 0 radical (unpaired) electrons. The molecule has 0 saturated heterocycles. The Morgan fingerprint density at radius 2 is 0.769 bits per heavy atom. The quantitative estimate of drug-likeness (QED) is 0.106. The second kappa shape index (κ2) is 18.7. The maximum absolute atomic E-state index is 6.47. The van der Waals surface area contributed by atoms with Crippen molar-refractivity contribution in [2.24, 2.45) is 0 Å². The molecule has 3 aliphatic rings. The van der Waals surface area contributed by atoms with E-state index in [-0.39, 0.29) is 0 Å². The first kappa shape index (κ1) is 46.0. The number of hydrogen-bond acceptors (Lipinski definition) is 4. The van der Waals surface area contributed by atoms with E-state index in [9.17, 15) is 0 Å². The molecule has 78 heavy (non-hydrogen) atoms. The lowest BCUT2D eigenvalue weighted by Gasteiger charge is -2.39. The minimum atomic E-state index is -3.24. The van der Waals surface area contributed by atoms with Crippen molar-refractivity contribution in [3.8, 4) is 33.8 Å². The standard InChI is InChI=1S/C73H50N2OSSi/c1-4-23-52(24-5-1)73(62-33-12-10-31-59(62)60-32-11-13-34-63(60)73)53-25-22-30-57(49-53)78(55-26-6-2-7-27-55,56-28-8-3-9-29-56)58-47-48-64(75-67-37-16-20-41-71(67)77-72-42-21-17-38-68(72)75)61(50-58)51-43-45-54(46-44-51)74-65-35-14-18-39-69(65)76-70-40-19-15-36-66(70)74/h1-50H. The largest absolute Gasteiger partial charge is 0.453 e. The highest BCUT2D eigenvalue weighted by molar-refractivity contribution is 7.99. The zero-order valence-corrected chi connectivity index (χ0v) is 44.4. The Morgan fingerprint density at radius 1 is 0.308 bits per heavy atom. The van der Waals surface area contributed by atoms with Crippen LogP contribution in [0.2, 0.25) is 0 Å². The molecule has 15 rings (SSSR count). The molecular weight excluding hydrogens is 981 g/mol. The summed E-state index contributed by atoms with van der Waals surface area (Å²) in [6.45, 7) is 0. The number of anilines is 6. The minimum absolute atomic E-state index is 0.566. The molecule has 0 fully saturated rings. The molecule has 0 aromatic heterocycles. The van der Waals surface area contributed by atoms with Crippen LogP contribution in [-0.4, -0.2) is 8.07 Å². The number of hydrogen-bond donors (Lipinski definition) is 0. The first-order chi connectivity index (χ1) is 38.7. The van der Waals surface area contributed by atoms with Gasteiger partial charge in [-0.3, -0.25) is 0 Å². The van der Waals surface area contributed by atoms with Crippen LogP contribution in [0.4, 0.5) is 34.1 Å². The van der Waals surface area contributed by atoms with Gasteiger partial charge < -0.3 is 14.5 Å². The Morgan fingerprint density at radius 3 is 1.36 bits per heavy atom. The highest BCUT2D eigenvalue weighted by Gasteiger charge is 2.48. The highest BCUT2D eigenvalue weighted by atomic mass is 32.2. The van der Waals surface area contributed by atoms with Crippen molar-refractivity contribution in [3.05, 3.63) is 326 Å². The van der Waals surface area contributed by atoms with E-state index in [1.165, 1.54) is 75.3 Å². The summed E-state index contributed by atoms with van der Waals surface area (Å²) in [5.74, 6) is 1.66. The van der Waals surface area contributed by atoms with E-state index in [2.05, 4.69) is 301 Å². The lowest BCUT2D eigenvalue weighted by atomic mass is 9.68. The van der Waals surface area contributed by atoms with Gasteiger partial charge in [-0.25, -0.2) is 0 Å². The lowest BCUT2D eigenvalue weighted by molar-refractivity contribution is 0.477. The highest BCUT2D eigenvalue weighted by Crippen LogP contribution is 2.57. The van der Waals surface area contributed by atoms with Crippen molar-refractivity contribution in [1.82, 2.24) is 0 Å². The van der Waals surface area contributed by atoms with Crippen LogP contribution in [0.3, 0.4) is 0 Å². The molecule has 12 aromatic rings. The molecule has 3 nitrogen and oxygen atoms in total. The van der Waals surface area contributed by atoms with Crippen molar-refractivity contribution in [1.29, 1.82) is 0 Å². The molecule has 0 atom stereocenters. The fraction of sp³-hybridized carbons (Fsp3) is 0.0137. The van der Waals surface area contributed by atoms with E-state index in [1.54, 1.807) is 0 Å². The van der Waals surface area contributed by atoms with E-state index < -0.39 is 13.5 Å². The van der Waals surface area contributed by atoms with Gasteiger partial charge in [0.1, 0.15) is 0 Å². The number of ether oxygens (including phenoxy) is 1. The maximum atomic E-state index is 6.47. The molecule has 5 heteroatoms. The monoisotopic (exact) mass is 1030 g/mol. The molecule has 12 aromatic carbocycles. The smallest absolute Gasteiger partial charge is 0.179 e. The molecule has 2 heterocycles. The summed E-state index contributed by atoms with van der Waals surface area (Å²) in [4.78, 5) is 7.27. The molecular formula is C73H50N2OSSi. The van der Waals surface area contributed by atoms with Crippen molar-refractivity contribution < 1.29 is 4.74 Å². The number of rotatable bonds is 9. The SMILES string of the molecule is c1ccc(C2(c3cccc([Si](c4ccccc4)(c4ccccc4)c4ccc(N5c6ccccc6Sc6ccccc65)c(-c5ccc(N6c7ccccc7Oc7ccccc76)cc5)c4)c3)c3ccccc3-c3ccccc32)cc1. The lowest BCUT2D eigenvalue weighted by Crippen LogP contribution is -2.74. The van der Waals surface area contributed by atoms with Gasteiger partial charge in [0.25, 0.3) is 0 Å². The Kier molecular flexibility index (Phi) is 11.0.